The number of amides is 1. The fourth-order valence-electron chi connectivity index (χ4n) is 2.57. The van der Waals surface area contributed by atoms with Crippen molar-refractivity contribution in [2.24, 2.45) is 5.10 Å². The molecule has 0 saturated carbocycles. The van der Waals surface area contributed by atoms with Crippen molar-refractivity contribution in [2.75, 3.05) is 24.2 Å². The van der Waals surface area contributed by atoms with E-state index in [4.69, 9.17) is 4.74 Å². The molecule has 1 N–H and O–H groups in total. The van der Waals surface area contributed by atoms with Gasteiger partial charge in [-0.2, -0.15) is 5.10 Å². The molecule has 11 heteroatoms. The summed E-state index contributed by atoms with van der Waals surface area (Å²) in [6, 6.07) is 11.0. The predicted molar refractivity (Wildman–Crippen MR) is 113 cm³/mol. The van der Waals surface area contributed by atoms with Gasteiger partial charge in [0.25, 0.3) is 5.91 Å². The van der Waals surface area contributed by atoms with Crippen molar-refractivity contribution < 1.29 is 22.9 Å². The van der Waals surface area contributed by atoms with Crippen LogP contribution >= 0.6 is 0 Å². The first-order valence-corrected chi connectivity index (χ1v) is 10.7. The van der Waals surface area contributed by atoms with Crippen LogP contribution in [0.15, 0.2) is 47.6 Å². The number of nitrogens with zero attached hydrogens (tertiary/aromatic N) is 3. The molecule has 0 aromatic heterocycles. The Bertz CT molecular complexity index is 1050. The number of carbonyl (C=O) groups excluding carboxylic acids is 1. The minimum absolute atomic E-state index is 0.0964. The minimum atomic E-state index is -3.70. The zero-order valence-electron chi connectivity index (χ0n) is 16.7. The fraction of sp³-hybridized carbons (Fsp3) is 0.263. The van der Waals surface area contributed by atoms with Crippen LogP contribution in [0.3, 0.4) is 0 Å². The van der Waals surface area contributed by atoms with Crippen LogP contribution in [0.5, 0.6) is 5.75 Å². The zero-order chi connectivity index (χ0) is 22.3. The smallest absolute Gasteiger partial charge is 0.311 e. The van der Waals surface area contributed by atoms with E-state index in [1.165, 1.54) is 31.5 Å². The predicted octanol–water partition coefficient (Wildman–Crippen LogP) is 2.08. The van der Waals surface area contributed by atoms with Gasteiger partial charge in [-0.3, -0.25) is 19.2 Å². The third-order valence-electron chi connectivity index (χ3n) is 4.12. The van der Waals surface area contributed by atoms with Crippen LogP contribution < -0.4 is 14.5 Å². The number of ether oxygens (including phenoxy) is 1. The maximum Gasteiger partial charge on any atom is 0.311 e. The second kappa shape index (κ2) is 9.83. The summed E-state index contributed by atoms with van der Waals surface area (Å²) in [5, 5.41) is 14.8. The number of benzene rings is 2. The molecule has 2 aromatic rings. The van der Waals surface area contributed by atoms with Crippen molar-refractivity contribution in [1.29, 1.82) is 0 Å². The molecule has 0 aliphatic rings. The largest absolute Gasteiger partial charge is 0.490 e. The summed E-state index contributed by atoms with van der Waals surface area (Å²) in [6.07, 6.45) is 3.02. The standard InChI is InChI=1S/C19H22N4O6S/c1-4-14-5-8-16(9-6-14)22(30(3,27)28)13-19(24)21-20-12-15-7-10-18(29-2)17(11-15)23(25)26/h5-12H,4,13H2,1-3H3,(H,21,24)/b20-12-. The lowest BCUT2D eigenvalue weighted by molar-refractivity contribution is -0.385. The van der Waals surface area contributed by atoms with Crippen LogP contribution in [0.1, 0.15) is 18.1 Å². The molecule has 0 aliphatic carbocycles. The average molecular weight is 434 g/mol. The van der Waals surface area contributed by atoms with Gasteiger partial charge in [-0.25, -0.2) is 13.8 Å². The highest BCUT2D eigenvalue weighted by molar-refractivity contribution is 7.92. The molecule has 30 heavy (non-hydrogen) atoms. The molecule has 10 nitrogen and oxygen atoms in total. The first kappa shape index (κ1) is 22.8. The molecule has 1 amide bonds. The van der Waals surface area contributed by atoms with Gasteiger partial charge in [0.2, 0.25) is 10.0 Å². The first-order valence-electron chi connectivity index (χ1n) is 8.86. The minimum Gasteiger partial charge on any atom is -0.490 e. The molecule has 0 aliphatic heterocycles. The van der Waals surface area contributed by atoms with E-state index in [9.17, 15) is 23.3 Å². The van der Waals surface area contributed by atoms with Crippen LogP contribution in [0.25, 0.3) is 0 Å². The third kappa shape index (κ3) is 6.01. The lowest BCUT2D eigenvalue weighted by atomic mass is 10.1. The Balaban J connectivity index is 2.10. The number of nitro benzene ring substituents is 1. The highest BCUT2D eigenvalue weighted by Crippen LogP contribution is 2.26. The number of hydrogen-bond donors (Lipinski definition) is 1. The number of hydrazone groups is 1. The summed E-state index contributed by atoms with van der Waals surface area (Å²) in [5.74, 6) is -0.571. The van der Waals surface area contributed by atoms with Crippen molar-refractivity contribution in [3.63, 3.8) is 0 Å². The number of sulfonamides is 1. The summed E-state index contributed by atoms with van der Waals surface area (Å²) in [4.78, 5) is 22.7. The van der Waals surface area contributed by atoms with Crippen molar-refractivity contribution in [3.05, 3.63) is 63.7 Å². The molecule has 0 spiro atoms. The lowest BCUT2D eigenvalue weighted by Gasteiger charge is -2.21. The van der Waals surface area contributed by atoms with Crippen LogP contribution in [-0.4, -0.2) is 45.4 Å². The first-order chi connectivity index (χ1) is 14.2. The van der Waals surface area contributed by atoms with Gasteiger partial charge in [0, 0.05) is 11.6 Å². The Morgan fingerprint density at radius 2 is 1.93 bits per heavy atom. The number of methoxy groups -OCH3 is 1. The quantitative estimate of drug-likeness (QED) is 0.365. The number of carbonyl (C=O) groups is 1. The molecule has 0 bridgehead atoms. The van der Waals surface area contributed by atoms with E-state index in [-0.39, 0.29) is 11.4 Å². The van der Waals surface area contributed by atoms with Crippen LogP contribution in [0, 0.1) is 10.1 Å². The molecule has 2 rings (SSSR count). The highest BCUT2D eigenvalue weighted by atomic mass is 32.2. The summed E-state index contributed by atoms with van der Waals surface area (Å²) in [6.45, 7) is 1.51. The van der Waals surface area contributed by atoms with Gasteiger partial charge >= 0.3 is 5.69 Å². The Morgan fingerprint density at radius 3 is 2.47 bits per heavy atom. The highest BCUT2D eigenvalue weighted by Gasteiger charge is 2.20. The van der Waals surface area contributed by atoms with Crippen molar-refractivity contribution in [3.8, 4) is 5.75 Å². The number of rotatable bonds is 9. The summed E-state index contributed by atoms with van der Waals surface area (Å²) in [5.41, 5.74) is 3.74. The van der Waals surface area contributed by atoms with Crippen LogP contribution in [0.2, 0.25) is 0 Å². The number of aryl methyl sites for hydroxylation is 1. The molecular formula is C19H22N4O6S. The molecule has 0 radical (unpaired) electrons. The monoisotopic (exact) mass is 434 g/mol. The second-order valence-electron chi connectivity index (χ2n) is 6.27. The van der Waals surface area contributed by atoms with E-state index in [2.05, 4.69) is 10.5 Å². The molecule has 0 saturated heterocycles. The van der Waals surface area contributed by atoms with Gasteiger partial charge in [-0.1, -0.05) is 19.1 Å². The Morgan fingerprint density at radius 1 is 1.27 bits per heavy atom. The van der Waals surface area contributed by atoms with Gasteiger partial charge in [0.05, 0.1) is 30.2 Å². The molecule has 160 valence electrons. The Kier molecular flexibility index (Phi) is 7.48. The maximum absolute atomic E-state index is 12.2. The van der Waals surface area contributed by atoms with Gasteiger partial charge in [-0.05, 0) is 36.2 Å². The van der Waals surface area contributed by atoms with Crippen LogP contribution in [-0.2, 0) is 21.2 Å². The molecular weight excluding hydrogens is 412 g/mol. The van der Waals surface area contributed by atoms with Crippen molar-refractivity contribution >= 4 is 33.5 Å². The van der Waals surface area contributed by atoms with Gasteiger partial charge in [-0.15, -0.1) is 0 Å². The fourth-order valence-corrected chi connectivity index (χ4v) is 3.43. The summed E-state index contributed by atoms with van der Waals surface area (Å²) in [7, 11) is -2.38. The lowest BCUT2D eigenvalue weighted by Crippen LogP contribution is -2.39. The number of nitrogens with one attached hydrogen (secondary N) is 1. The van der Waals surface area contributed by atoms with E-state index in [1.54, 1.807) is 24.3 Å². The van der Waals surface area contributed by atoms with Crippen molar-refractivity contribution in [2.45, 2.75) is 13.3 Å². The molecule has 0 fully saturated rings. The Labute approximate surface area is 174 Å². The van der Waals surface area contributed by atoms with Gasteiger partial charge < -0.3 is 4.74 Å². The van der Waals surface area contributed by atoms with Crippen LogP contribution in [0.4, 0.5) is 11.4 Å². The molecule has 0 unspecified atom stereocenters. The average Bonchev–Trinajstić information content (AvgIpc) is 2.71. The molecule has 2 aromatic carbocycles. The second-order valence-corrected chi connectivity index (χ2v) is 8.18. The normalized spacial score (nSPS) is 11.3. The van der Waals surface area contributed by atoms with E-state index in [0.717, 1.165) is 22.5 Å². The topological polar surface area (TPSA) is 131 Å². The molecule has 0 heterocycles. The summed E-state index contributed by atoms with van der Waals surface area (Å²) < 4.78 is 30.1. The maximum atomic E-state index is 12.2. The number of hydrogen-bond acceptors (Lipinski definition) is 7. The van der Waals surface area contributed by atoms with E-state index < -0.39 is 27.4 Å². The zero-order valence-corrected chi connectivity index (χ0v) is 17.5. The van der Waals surface area contributed by atoms with E-state index in [0.29, 0.717) is 11.3 Å². The van der Waals surface area contributed by atoms with E-state index in [1.807, 2.05) is 6.92 Å². The van der Waals surface area contributed by atoms with Gasteiger partial charge in [0.1, 0.15) is 6.54 Å². The SMILES string of the molecule is CCc1ccc(N(CC(=O)N/N=C\c2ccc(OC)c([N+](=O)[O-])c2)S(C)(=O)=O)cc1. The number of anilines is 1. The van der Waals surface area contributed by atoms with E-state index >= 15 is 0 Å². The van der Waals surface area contributed by atoms with Gasteiger partial charge in [0.15, 0.2) is 5.75 Å². The third-order valence-corrected chi connectivity index (χ3v) is 5.26. The Hall–Kier alpha value is -3.47. The molecule has 0 atom stereocenters. The number of nitro groups is 1. The van der Waals surface area contributed by atoms with Crippen molar-refractivity contribution in [1.82, 2.24) is 5.43 Å². The summed E-state index contributed by atoms with van der Waals surface area (Å²) >= 11 is 0.